The van der Waals surface area contributed by atoms with E-state index in [1.165, 1.54) is 0 Å². The summed E-state index contributed by atoms with van der Waals surface area (Å²) in [5.74, 6) is 0. The Hall–Kier alpha value is -2.14. The van der Waals surface area contributed by atoms with Crippen LogP contribution in [0.15, 0.2) is 30.6 Å². The zero-order valence-corrected chi connectivity index (χ0v) is 11.1. The van der Waals surface area contributed by atoms with Gasteiger partial charge in [-0.1, -0.05) is 11.6 Å². The third-order valence-corrected chi connectivity index (χ3v) is 2.87. The summed E-state index contributed by atoms with van der Waals surface area (Å²) in [5, 5.41) is 24.4. The predicted octanol–water partition coefficient (Wildman–Crippen LogP) is 1.55. The number of aliphatic hydroxyl groups excluding tert-OH is 1. The molecular weight excluding hydrogens is 240 g/mol. The molecule has 0 fully saturated rings. The fraction of sp³-hybridized carbons (Fsp3) is 0.286. The molecule has 0 atom stereocenters. The van der Waals surface area contributed by atoms with Gasteiger partial charge >= 0.3 is 0 Å². The van der Waals surface area contributed by atoms with E-state index in [1.807, 2.05) is 38.4 Å². The second kappa shape index (κ2) is 5.67. The first-order valence-electron chi connectivity index (χ1n) is 6.15. The van der Waals surface area contributed by atoms with Crippen molar-refractivity contribution in [3.63, 3.8) is 0 Å². The largest absolute Gasteiger partial charge is 0.395 e. The lowest BCUT2D eigenvalue weighted by molar-refractivity contribution is 0.311. The first kappa shape index (κ1) is 13.3. The van der Waals surface area contributed by atoms with Crippen LogP contribution in [0, 0.1) is 12.3 Å². The molecule has 0 bridgehead atoms. The Morgan fingerprint density at radius 3 is 2.89 bits per heavy atom. The average molecular weight is 258 g/mol. The molecule has 100 valence electrons. The van der Waals surface area contributed by atoms with Crippen LogP contribution < -0.4 is 5.32 Å². The number of rotatable bonds is 5. The zero-order valence-electron chi connectivity index (χ0n) is 11.1. The van der Waals surface area contributed by atoms with Crippen molar-refractivity contribution in [1.29, 1.82) is 5.41 Å². The van der Waals surface area contributed by atoms with E-state index >= 15 is 0 Å². The van der Waals surface area contributed by atoms with E-state index in [4.69, 9.17) is 10.5 Å². The molecule has 0 saturated carbocycles. The fourth-order valence-electron chi connectivity index (χ4n) is 1.92. The van der Waals surface area contributed by atoms with Crippen LogP contribution in [0.4, 0.5) is 5.69 Å². The van der Waals surface area contributed by atoms with E-state index < -0.39 is 0 Å². The van der Waals surface area contributed by atoms with E-state index in [9.17, 15) is 0 Å². The second-order valence-electron chi connectivity index (χ2n) is 4.48. The highest BCUT2D eigenvalue weighted by Gasteiger charge is 2.11. The maximum Gasteiger partial charge on any atom is 0.0736 e. The molecule has 5 heteroatoms. The van der Waals surface area contributed by atoms with E-state index in [0.29, 0.717) is 12.3 Å². The van der Waals surface area contributed by atoms with E-state index in [0.717, 1.165) is 22.4 Å². The minimum absolute atomic E-state index is 0.0630. The van der Waals surface area contributed by atoms with Crippen LogP contribution in [-0.2, 0) is 7.05 Å². The molecule has 19 heavy (non-hydrogen) atoms. The highest BCUT2D eigenvalue weighted by atomic mass is 16.3. The maximum absolute atomic E-state index is 8.90. The normalized spacial score (nSPS) is 10.5. The summed E-state index contributed by atoms with van der Waals surface area (Å²) in [7, 11) is 1.83. The lowest BCUT2D eigenvalue weighted by atomic mass is 10.0. The Labute approximate surface area is 112 Å². The molecule has 0 unspecified atom stereocenters. The molecule has 2 aromatic rings. The molecule has 1 aromatic heterocycles. The van der Waals surface area contributed by atoms with Crippen molar-refractivity contribution < 1.29 is 5.11 Å². The van der Waals surface area contributed by atoms with Crippen molar-refractivity contribution >= 4 is 11.4 Å². The minimum atomic E-state index is 0.0630. The molecule has 0 aliphatic rings. The molecule has 3 N–H and O–H groups in total. The molecule has 1 aromatic carbocycles. The Kier molecular flexibility index (Phi) is 3.97. The van der Waals surface area contributed by atoms with Crippen molar-refractivity contribution in [2.75, 3.05) is 18.5 Å². The fourth-order valence-corrected chi connectivity index (χ4v) is 1.92. The Morgan fingerprint density at radius 1 is 1.47 bits per heavy atom. The smallest absolute Gasteiger partial charge is 0.0736 e. The summed E-state index contributed by atoms with van der Waals surface area (Å²) < 4.78 is 1.68. The summed E-state index contributed by atoms with van der Waals surface area (Å²) in [6.07, 6.45) is 3.50. The van der Waals surface area contributed by atoms with Gasteiger partial charge in [-0.15, -0.1) is 0 Å². The topological polar surface area (TPSA) is 73.9 Å². The number of anilines is 1. The van der Waals surface area contributed by atoms with Crippen LogP contribution in [0.3, 0.4) is 0 Å². The van der Waals surface area contributed by atoms with Gasteiger partial charge in [0.15, 0.2) is 0 Å². The van der Waals surface area contributed by atoms with Gasteiger partial charge in [0.25, 0.3) is 0 Å². The van der Waals surface area contributed by atoms with E-state index in [-0.39, 0.29) is 6.61 Å². The van der Waals surface area contributed by atoms with Gasteiger partial charge in [-0.05, 0) is 19.1 Å². The third-order valence-electron chi connectivity index (χ3n) is 2.87. The monoisotopic (exact) mass is 258 g/mol. The summed E-state index contributed by atoms with van der Waals surface area (Å²) in [5.41, 5.74) is 3.98. The number of nitrogens with one attached hydrogen (secondary N) is 2. The van der Waals surface area contributed by atoms with Crippen LogP contribution >= 0.6 is 0 Å². The van der Waals surface area contributed by atoms with Crippen LogP contribution in [-0.4, -0.2) is 33.8 Å². The van der Waals surface area contributed by atoms with Crippen LogP contribution in [0.5, 0.6) is 0 Å². The van der Waals surface area contributed by atoms with Crippen molar-refractivity contribution in [2.24, 2.45) is 7.05 Å². The number of aryl methyl sites for hydroxylation is 2. The van der Waals surface area contributed by atoms with Gasteiger partial charge in [0.1, 0.15) is 0 Å². The van der Waals surface area contributed by atoms with Gasteiger partial charge in [0, 0.05) is 36.6 Å². The molecule has 0 amide bonds. The highest BCUT2D eigenvalue weighted by Crippen LogP contribution is 2.20. The summed E-state index contributed by atoms with van der Waals surface area (Å²) in [4.78, 5) is 0. The van der Waals surface area contributed by atoms with E-state index in [1.54, 1.807) is 10.9 Å². The molecule has 0 aliphatic carbocycles. The Balaban J connectivity index is 2.36. The van der Waals surface area contributed by atoms with Crippen molar-refractivity contribution in [2.45, 2.75) is 6.92 Å². The molecule has 0 radical (unpaired) electrons. The molecule has 2 rings (SSSR count). The second-order valence-corrected chi connectivity index (χ2v) is 4.48. The quantitative estimate of drug-likeness (QED) is 0.712. The standard InChI is InChI=1S/C14H18N4O/c1-10-3-4-13(16-5-6-19)12(7-10)14(15)11-8-17-18(2)9-11/h3-4,7-9,15-16,19H,5-6H2,1-2H3. The molecular formula is C14H18N4O. The Bertz CT molecular complexity index is 589. The molecule has 5 nitrogen and oxygen atoms in total. The van der Waals surface area contributed by atoms with Crippen molar-refractivity contribution in [3.8, 4) is 0 Å². The molecule has 0 spiro atoms. The number of aliphatic hydroxyl groups is 1. The van der Waals surface area contributed by atoms with Crippen molar-refractivity contribution in [1.82, 2.24) is 9.78 Å². The van der Waals surface area contributed by atoms with Crippen LogP contribution in [0.2, 0.25) is 0 Å². The predicted molar refractivity (Wildman–Crippen MR) is 75.9 cm³/mol. The first-order chi connectivity index (χ1) is 9.11. The molecule has 0 aliphatic heterocycles. The number of nitrogens with zero attached hydrogens (tertiary/aromatic N) is 2. The highest BCUT2D eigenvalue weighted by molar-refractivity contribution is 6.13. The van der Waals surface area contributed by atoms with Gasteiger partial charge in [0.2, 0.25) is 0 Å². The number of hydrogen-bond acceptors (Lipinski definition) is 4. The number of aromatic nitrogens is 2. The van der Waals surface area contributed by atoms with Crippen molar-refractivity contribution in [3.05, 3.63) is 47.3 Å². The summed E-state index contributed by atoms with van der Waals surface area (Å²) >= 11 is 0. The van der Waals surface area contributed by atoms with Gasteiger partial charge in [-0.25, -0.2) is 0 Å². The van der Waals surface area contributed by atoms with E-state index in [2.05, 4.69) is 10.4 Å². The SMILES string of the molecule is Cc1ccc(NCCO)c(C(=N)c2cnn(C)c2)c1. The third kappa shape index (κ3) is 3.00. The van der Waals surface area contributed by atoms with Gasteiger partial charge in [-0.2, -0.15) is 5.10 Å². The maximum atomic E-state index is 8.90. The Morgan fingerprint density at radius 2 is 2.26 bits per heavy atom. The first-order valence-corrected chi connectivity index (χ1v) is 6.15. The minimum Gasteiger partial charge on any atom is -0.395 e. The van der Waals surface area contributed by atoms with Crippen LogP contribution in [0.25, 0.3) is 0 Å². The zero-order chi connectivity index (χ0) is 13.8. The summed E-state index contributed by atoms with van der Waals surface area (Å²) in [6, 6.07) is 5.89. The van der Waals surface area contributed by atoms with Gasteiger partial charge < -0.3 is 10.4 Å². The number of hydrogen-bond donors (Lipinski definition) is 3. The molecule has 0 saturated heterocycles. The van der Waals surface area contributed by atoms with Gasteiger partial charge in [-0.3, -0.25) is 10.1 Å². The molecule has 1 heterocycles. The average Bonchev–Trinajstić information content (AvgIpc) is 2.83. The van der Waals surface area contributed by atoms with Gasteiger partial charge in [0.05, 0.1) is 18.5 Å². The summed E-state index contributed by atoms with van der Waals surface area (Å²) in [6.45, 7) is 2.53. The van der Waals surface area contributed by atoms with Crippen LogP contribution in [0.1, 0.15) is 16.7 Å². The lowest BCUT2D eigenvalue weighted by Crippen LogP contribution is -2.11. The lowest BCUT2D eigenvalue weighted by Gasteiger charge is -2.12. The number of benzene rings is 1.